The highest BCUT2D eigenvalue weighted by atomic mass is 19.4. The lowest BCUT2D eigenvalue weighted by molar-refractivity contribution is -0.187. The Morgan fingerprint density at radius 1 is 1.45 bits per heavy atom. The zero-order valence-electron chi connectivity index (χ0n) is 10.9. The van der Waals surface area contributed by atoms with Gasteiger partial charge < -0.3 is 14.5 Å². The fourth-order valence-corrected chi connectivity index (χ4v) is 2.13. The average Bonchev–Trinajstić information content (AvgIpc) is 2.94. The summed E-state index contributed by atoms with van der Waals surface area (Å²) in [7, 11) is 0. The molecule has 0 spiro atoms. The van der Waals surface area contributed by atoms with E-state index in [0.717, 1.165) is 0 Å². The predicted molar refractivity (Wildman–Crippen MR) is 61.3 cm³/mol. The number of nitrogens with zero attached hydrogens (tertiary/aromatic N) is 3. The number of carbonyl (C=O) groups is 1. The Hall–Kier alpha value is -1.80. The smallest absolute Gasteiger partial charge is 0.394 e. The van der Waals surface area contributed by atoms with Crippen molar-refractivity contribution in [2.45, 2.75) is 25.9 Å². The first-order valence-corrected chi connectivity index (χ1v) is 6.08. The quantitative estimate of drug-likeness (QED) is 0.916. The Bertz CT molecular complexity index is 501. The van der Waals surface area contributed by atoms with Gasteiger partial charge in [-0.15, -0.1) is 0 Å². The first-order chi connectivity index (χ1) is 9.20. The minimum absolute atomic E-state index is 0.0243. The highest BCUT2D eigenvalue weighted by Crippen LogP contribution is 2.39. The second-order valence-electron chi connectivity index (χ2n) is 5.09. The number of aromatic nitrogens is 2. The molecular formula is C11H14F3N3O3. The van der Waals surface area contributed by atoms with Crippen molar-refractivity contribution in [3.05, 3.63) is 5.82 Å². The van der Waals surface area contributed by atoms with Gasteiger partial charge in [0.15, 0.2) is 5.82 Å². The van der Waals surface area contributed by atoms with Crippen LogP contribution in [0.3, 0.4) is 0 Å². The van der Waals surface area contributed by atoms with Crippen LogP contribution in [0.4, 0.5) is 19.2 Å². The van der Waals surface area contributed by atoms with Crippen LogP contribution in [0.25, 0.3) is 0 Å². The standard InChI is InChI=1S/C11H14F3N3O3/c1-5(2)8-15-10(20-16-8)17-3-6(9(18)19)7(4-17)11(12,13)14/h5-7H,3-4H2,1-2H3,(H,18,19)/t6-,7-/m1/s1. The molecule has 1 aliphatic heterocycles. The van der Waals surface area contributed by atoms with E-state index in [2.05, 4.69) is 10.1 Å². The molecule has 0 amide bonds. The van der Waals surface area contributed by atoms with Gasteiger partial charge in [0, 0.05) is 19.0 Å². The molecule has 1 N–H and O–H groups in total. The maximum absolute atomic E-state index is 12.8. The highest BCUT2D eigenvalue weighted by Gasteiger charge is 2.53. The Kier molecular flexibility index (Phi) is 3.61. The molecule has 1 aromatic rings. The molecule has 0 aromatic carbocycles. The molecule has 9 heteroatoms. The van der Waals surface area contributed by atoms with E-state index in [-0.39, 0.29) is 18.5 Å². The van der Waals surface area contributed by atoms with E-state index in [4.69, 9.17) is 9.63 Å². The van der Waals surface area contributed by atoms with Gasteiger partial charge in [-0.1, -0.05) is 19.0 Å². The Morgan fingerprint density at radius 3 is 2.50 bits per heavy atom. The molecule has 0 radical (unpaired) electrons. The molecule has 2 rings (SSSR count). The topological polar surface area (TPSA) is 79.5 Å². The van der Waals surface area contributed by atoms with E-state index >= 15 is 0 Å². The van der Waals surface area contributed by atoms with Crippen LogP contribution in [-0.4, -0.2) is 40.5 Å². The van der Waals surface area contributed by atoms with Crippen LogP contribution in [0.2, 0.25) is 0 Å². The number of carboxylic acids is 1. The van der Waals surface area contributed by atoms with Crippen molar-refractivity contribution >= 4 is 12.0 Å². The van der Waals surface area contributed by atoms with Crippen LogP contribution >= 0.6 is 0 Å². The SMILES string of the molecule is CC(C)c1noc(N2C[C@@H](C(F)(F)F)[C@H](C(=O)O)C2)n1. The van der Waals surface area contributed by atoms with Crippen molar-refractivity contribution in [3.8, 4) is 0 Å². The molecule has 20 heavy (non-hydrogen) atoms. The summed E-state index contributed by atoms with van der Waals surface area (Å²) < 4.78 is 43.4. The van der Waals surface area contributed by atoms with Gasteiger partial charge in [-0.3, -0.25) is 4.79 Å². The maximum atomic E-state index is 12.8. The van der Waals surface area contributed by atoms with E-state index in [1.807, 2.05) is 13.8 Å². The minimum Gasteiger partial charge on any atom is -0.481 e. The summed E-state index contributed by atoms with van der Waals surface area (Å²) in [4.78, 5) is 16.1. The number of alkyl halides is 3. The van der Waals surface area contributed by atoms with Crippen LogP contribution in [0.1, 0.15) is 25.6 Å². The molecule has 1 aliphatic rings. The number of aliphatic carboxylic acids is 1. The van der Waals surface area contributed by atoms with Gasteiger partial charge in [0.2, 0.25) is 0 Å². The largest absolute Gasteiger partial charge is 0.481 e. The molecule has 1 saturated heterocycles. The third kappa shape index (κ3) is 2.70. The molecule has 112 valence electrons. The van der Waals surface area contributed by atoms with E-state index in [1.165, 1.54) is 4.90 Å². The van der Waals surface area contributed by atoms with Gasteiger partial charge in [-0.2, -0.15) is 18.2 Å². The Labute approximate surface area is 112 Å². The summed E-state index contributed by atoms with van der Waals surface area (Å²) in [5.41, 5.74) is 0. The maximum Gasteiger partial charge on any atom is 0.394 e. The summed E-state index contributed by atoms with van der Waals surface area (Å²) in [5, 5.41) is 12.6. The number of carboxylic acid groups (broad SMARTS) is 1. The highest BCUT2D eigenvalue weighted by molar-refractivity contribution is 5.72. The summed E-state index contributed by atoms with van der Waals surface area (Å²) in [5.74, 6) is -4.58. The third-order valence-electron chi connectivity index (χ3n) is 3.28. The van der Waals surface area contributed by atoms with Crippen LogP contribution in [0, 0.1) is 11.8 Å². The molecule has 0 saturated carbocycles. The molecular weight excluding hydrogens is 279 g/mol. The second kappa shape index (κ2) is 4.95. The van der Waals surface area contributed by atoms with Gasteiger partial charge in [-0.05, 0) is 0 Å². The predicted octanol–water partition coefficient (Wildman–Crippen LogP) is 1.89. The van der Waals surface area contributed by atoms with Crippen LogP contribution in [0.15, 0.2) is 4.52 Å². The van der Waals surface area contributed by atoms with Crippen molar-refractivity contribution in [1.82, 2.24) is 10.1 Å². The van der Waals surface area contributed by atoms with Crippen LogP contribution in [0.5, 0.6) is 0 Å². The van der Waals surface area contributed by atoms with Crippen molar-refractivity contribution in [3.63, 3.8) is 0 Å². The van der Waals surface area contributed by atoms with Gasteiger partial charge in [0.1, 0.15) is 0 Å². The zero-order chi connectivity index (χ0) is 15.1. The van der Waals surface area contributed by atoms with Crippen LogP contribution in [-0.2, 0) is 4.79 Å². The molecule has 1 fully saturated rings. The lowest BCUT2D eigenvalue weighted by Gasteiger charge is -2.17. The molecule has 2 heterocycles. The molecule has 6 nitrogen and oxygen atoms in total. The molecule has 1 aromatic heterocycles. The lowest BCUT2D eigenvalue weighted by Crippen LogP contribution is -2.33. The summed E-state index contributed by atoms with van der Waals surface area (Å²) in [6.07, 6.45) is -4.57. The number of hydrogen-bond acceptors (Lipinski definition) is 5. The van der Waals surface area contributed by atoms with Crippen LogP contribution < -0.4 is 4.90 Å². The summed E-state index contributed by atoms with van der Waals surface area (Å²) >= 11 is 0. The van der Waals surface area contributed by atoms with Crippen molar-refractivity contribution < 1.29 is 27.6 Å². The number of anilines is 1. The fraction of sp³-hybridized carbons (Fsp3) is 0.727. The minimum atomic E-state index is -4.57. The van der Waals surface area contributed by atoms with Gasteiger partial charge in [0.25, 0.3) is 0 Å². The summed E-state index contributed by atoms with van der Waals surface area (Å²) in [6.45, 7) is 2.85. The van der Waals surface area contributed by atoms with E-state index in [9.17, 15) is 18.0 Å². The average molecular weight is 293 g/mol. The first kappa shape index (κ1) is 14.6. The molecule has 2 atom stereocenters. The van der Waals surface area contributed by atoms with E-state index < -0.39 is 30.5 Å². The number of hydrogen-bond donors (Lipinski definition) is 1. The van der Waals surface area contributed by atoms with E-state index in [1.54, 1.807) is 0 Å². The third-order valence-corrected chi connectivity index (χ3v) is 3.28. The Balaban J connectivity index is 2.21. The zero-order valence-corrected chi connectivity index (χ0v) is 10.9. The summed E-state index contributed by atoms with van der Waals surface area (Å²) in [6, 6.07) is -0.0632. The van der Waals surface area contributed by atoms with Gasteiger partial charge in [-0.25, -0.2) is 0 Å². The fourth-order valence-electron chi connectivity index (χ4n) is 2.13. The number of rotatable bonds is 3. The normalized spacial score (nSPS) is 23.6. The second-order valence-corrected chi connectivity index (χ2v) is 5.09. The molecule has 0 unspecified atom stereocenters. The molecule has 0 aliphatic carbocycles. The van der Waals surface area contributed by atoms with Gasteiger partial charge >= 0.3 is 18.2 Å². The first-order valence-electron chi connectivity index (χ1n) is 6.08. The lowest BCUT2D eigenvalue weighted by atomic mass is 9.96. The van der Waals surface area contributed by atoms with Crippen molar-refractivity contribution in [1.29, 1.82) is 0 Å². The van der Waals surface area contributed by atoms with Gasteiger partial charge in [0.05, 0.1) is 11.8 Å². The van der Waals surface area contributed by atoms with E-state index in [0.29, 0.717) is 5.82 Å². The van der Waals surface area contributed by atoms with Crippen molar-refractivity contribution in [2.75, 3.05) is 18.0 Å². The van der Waals surface area contributed by atoms with Crippen molar-refractivity contribution in [2.24, 2.45) is 11.8 Å². The molecule has 0 bridgehead atoms. The Morgan fingerprint density at radius 2 is 2.10 bits per heavy atom. The monoisotopic (exact) mass is 293 g/mol. The number of halogens is 3.